The van der Waals surface area contributed by atoms with Gasteiger partial charge >= 0.3 is 0 Å². The number of amides is 1. The lowest BCUT2D eigenvalue weighted by molar-refractivity contribution is -0.122. The number of hydrogen-bond donors (Lipinski definition) is 2. The van der Waals surface area contributed by atoms with Crippen molar-refractivity contribution in [2.24, 2.45) is 0 Å². The summed E-state index contributed by atoms with van der Waals surface area (Å²) in [6, 6.07) is 0. The van der Waals surface area contributed by atoms with E-state index in [4.69, 9.17) is 0 Å². The SMILES string of the molecule is C=CCNC(=O)CN(C)CC(O)CN1CCN(C)CC1. The van der Waals surface area contributed by atoms with E-state index in [1.807, 2.05) is 11.9 Å². The van der Waals surface area contributed by atoms with Crippen molar-refractivity contribution in [1.82, 2.24) is 20.0 Å². The molecular weight excluding hydrogens is 256 g/mol. The van der Waals surface area contributed by atoms with E-state index in [0.29, 0.717) is 26.2 Å². The van der Waals surface area contributed by atoms with Gasteiger partial charge in [-0.3, -0.25) is 14.6 Å². The van der Waals surface area contributed by atoms with Gasteiger partial charge < -0.3 is 15.3 Å². The molecule has 0 radical (unpaired) electrons. The van der Waals surface area contributed by atoms with Gasteiger partial charge in [0, 0.05) is 45.8 Å². The summed E-state index contributed by atoms with van der Waals surface area (Å²) in [4.78, 5) is 17.9. The van der Waals surface area contributed by atoms with Crippen LogP contribution in [0.1, 0.15) is 0 Å². The third-order valence-corrected chi connectivity index (χ3v) is 3.44. The second-order valence-corrected chi connectivity index (χ2v) is 5.55. The zero-order valence-corrected chi connectivity index (χ0v) is 12.7. The van der Waals surface area contributed by atoms with Gasteiger partial charge in [-0.05, 0) is 14.1 Å². The number of carbonyl (C=O) groups is 1. The average Bonchev–Trinajstić information content (AvgIpc) is 2.38. The average molecular weight is 284 g/mol. The molecule has 0 saturated carbocycles. The molecule has 116 valence electrons. The fraction of sp³-hybridized carbons (Fsp3) is 0.786. The van der Waals surface area contributed by atoms with Gasteiger partial charge in [-0.25, -0.2) is 0 Å². The van der Waals surface area contributed by atoms with Crippen LogP contribution < -0.4 is 5.32 Å². The summed E-state index contributed by atoms with van der Waals surface area (Å²) in [5.41, 5.74) is 0. The molecule has 6 heteroatoms. The second kappa shape index (κ2) is 9.07. The Labute approximate surface area is 122 Å². The van der Waals surface area contributed by atoms with Crippen LogP contribution in [0.3, 0.4) is 0 Å². The molecule has 20 heavy (non-hydrogen) atoms. The van der Waals surface area contributed by atoms with Crippen LogP contribution >= 0.6 is 0 Å². The summed E-state index contributed by atoms with van der Waals surface area (Å²) >= 11 is 0. The largest absolute Gasteiger partial charge is 0.390 e. The van der Waals surface area contributed by atoms with E-state index in [1.165, 1.54) is 0 Å². The maximum absolute atomic E-state index is 11.5. The molecule has 1 fully saturated rings. The zero-order valence-electron chi connectivity index (χ0n) is 12.7. The van der Waals surface area contributed by atoms with Crippen molar-refractivity contribution in [3.63, 3.8) is 0 Å². The lowest BCUT2D eigenvalue weighted by Crippen LogP contribution is -2.49. The Morgan fingerprint density at radius 1 is 1.45 bits per heavy atom. The van der Waals surface area contributed by atoms with Crippen LogP contribution in [0.5, 0.6) is 0 Å². The Morgan fingerprint density at radius 2 is 2.10 bits per heavy atom. The molecule has 0 spiro atoms. The molecular formula is C14H28N4O2. The number of rotatable bonds is 8. The second-order valence-electron chi connectivity index (χ2n) is 5.55. The highest BCUT2D eigenvalue weighted by Crippen LogP contribution is 2.01. The number of aliphatic hydroxyl groups is 1. The lowest BCUT2D eigenvalue weighted by atomic mass is 10.2. The molecule has 1 saturated heterocycles. The fourth-order valence-electron chi connectivity index (χ4n) is 2.30. The van der Waals surface area contributed by atoms with E-state index in [-0.39, 0.29) is 5.91 Å². The van der Waals surface area contributed by atoms with E-state index >= 15 is 0 Å². The van der Waals surface area contributed by atoms with Crippen LogP contribution in [0.2, 0.25) is 0 Å². The number of nitrogens with zero attached hydrogens (tertiary/aromatic N) is 3. The van der Waals surface area contributed by atoms with Crippen molar-refractivity contribution in [3.8, 4) is 0 Å². The summed E-state index contributed by atoms with van der Waals surface area (Å²) < 4.78 is 0. The lowest BCUT2D eigenvalue weighted by Gasteiger charge is -2.34. The molecule has 0 aromatic carbocycles. The van der Waals surface area contributed by atoms with Gasteiger partial charge in [0.25, 0.3) is 0 Å². The number of likely N-dealkylation sites (N-methyl/N-ethyl adjacent to an activating group) is 2. The predicted molar refractivity (Wildman–Crippen MR) is 80.6 cm³/mol. The molecule has 0 aliphatic carbocycles. The minimum atomic E-state index is -0.421. The monoisotopic (exact) mass is 284 g/mol. The van der Waals surface area contributed by atoms with Crippen molar-refractivity contribution in [1.29, 1.82) is 0 Å². The number of β-amino-alcohol motifs (C(OH)–C–C–N with tert-alkyl or cyclic N) is 1. The standard InChI is InChI=1S/C14H28N4O2/c1-4-5-15-14(20)12-17(3)10-13(19)11-18-8-6-16(2)7-9-18/h4,13,19H,1,5-12H2,2-3H3,(H,15,20). The number of carbonyl (C=O) groups excluding carboxylic acids is 1. The van der Waals surface area contributed by atoms with E-state index in [9.17, 15) is 9.90 Å². The van der Waals surface area contributed by atoms with Crippen molar-refractivity contribution >= 4 is 5.91 Å². The summed E-state index contributed by atoms with van der Waals surface area (Å²) in [7, 11) is 3.96. The van der Waals surface area contributed by atoms with Crippen LogP contribution in [-0.2, 0) is 4.79 Å². The molecule has 6 nitrogen and oxygen atoms in total. The maximum Gasteiger partial charge on any atom is 0.234 e. The Bertz CT molecular complexity index is 304. The first-order valence-electron chi connectivity index (χ1n) is 7.16. The Morgan fingerprint density at radius 3 is 2.70 bits per heavy atom. The van der Waals surface area contributed by atoms with Gasteiger partial charge in [-0.1, -0.05) is 6.08 Å². The third-order valence-electron chi connectivity index (χ3n) is 3.44. The van der Waals surface area contributed by atoms with Gasteiger partial charge in [0.2, 0.25) is 5.91 Å². The molecule has 1 unspecified atom stereocenters. The van der Waals surface area contributed by atoms with Gasteiger partial charge in [0.05, 0.1) is 12.6 Å². The Balaban J connectivity index is 2.18. The molecule has 1 aliphatic rings. The van der Waals surface area contributed by atoms with Crippen LogP contribution in [0.15, 0.2) is 12.7 Å². The number of nitrogens with one attached hydrogen (secondary N) is 1. The van der Waals surface area contributed by atoms with Crippen LogP contribution in [0, 0.1) is 0 Å². The summed E-state index contributed by atoms with van der Waals surface area (Å²) in [6.07, 6.45) is 1.23. The van der Waals surface area contributed by atoms with E-state index in [1.54, 1.807) is 6.08 Å². The van der Waals surface area contributed by atoms with Crippen LogP contribution in [0.4, 0.5) is 0 Å². The molecule has 1 atom stereocenters. The molecule has 1 rings (SSSR count). The summed E-state index contributed by atoms with van der Waals surface area (Å²) in [6.45, 7) is 9.61. The van der Waals surface area contributed by atoms with Crippen molar-refractivity contribution in [2.75, 3.05) is 66.5 Å². The fourth-order valence-corrected chi connectivity index (χ4v) is 2.30. The molecule has 0 bridgehead atoms. The minimum absolute atomic E-state index is 0.0424. The zero-order chi connectivity index (χ0) is 15.0. The minimum Gasteiger partial charge on any atom is -0.390 e. The normalized spacial score (nSPS) is 19.0. The smallest absolute Gasteiger partial charge is 0.234 e. The molecule has 0 aromatic heterocycles. The highest BCUT2D eigenvalue weighted by atomic mass is 16.3. The van der Waals surface area contributed by atoms with Crippen LogP contribution in [-0.4, -0.2) is 98.3 Å². The Kier molecular flexibility index (Phi) is 7.76. The number of piperazine rings is 1. The summed E-state index contributed by atoms with van der Waals surface area (Å²) in [5.74, 6) is -0.0424. The first kappa shape index (κ1) is 17.1. The highest BCUT2D eigenvalue weighted by molar-refractivity contribution is 5.78. The summed E-state index contributed by atoms with van der Waals surface area (Å²) in [5, 5.41) is 12.8. The molecule has 1 aliphatic heterocycles. The van der Waals surface area contributed by atoms with Crippen molar-refractivity contribution in [2.45, 2.75) is 6.10 Å². The first-order valence-corrected chi connectivity index (χ1v) is 7.16. The third kappa shape index (κ3) is 7.00. The van der Waals surface area contributed by atoms with E-state index in [0.717, 1.165) is 26.2 Å². The van der Waals surface area contributed by atoms with E-state index in [2.05, 4.69) is 28.7 Å². The molecule has 2 N–H and O–H groups in total. The topological polar surface area (TPSA) is 59.1 Å². The molecule has 1 heterocycles. The van der Waals surface area contributed by atoms with E-state index < -0.39 is 6.10 Å². The Hall–Kier alpha value is -0.950. The van der Waals surface area contributed by atoms with Gasteiger partial charge in [-0.2, -0.15) is 0 Å². The van der Waals surface area contributed by atoms with Gasteiger partial charge in [0.15, 0.2) is 0 Å². The predicted octanol–water partition coefficient (Wildman–Crippen LogP) is -1.17. The number of hydrogen-bond acceptors (Lipinski definition) is 5. The number of aliphatic hydroxyl groups excluding tert-OH is 1. The molecule has 0 aromatic rings. The molecule has 1 amide bonds. The highest BCUT2D eigenvalue weighted by Gasteiger charge is 2.18. The van der Waals surface area contributed by atoms with Crippen LogP contribution in [0.25, 0.3) is 0 Å². The van der Waals surface area contributed by atoms with Crippen molar-refractivity contribution in [3.05, 3.63) is 12.7 Å². The van der Waals surface area contributed by atoms with Crippen molar-refractivity contribution < 1.29 is 9.90 Å². The quantitative estimate of drug-likeness (QED) is 0.550. The maximum atomic E-state index is 11.5. The van der Waals surface area contributed by atoms with Gasteiger partial charge in [0.1, 0.15) is 0 Å². The first-order chi connectivity index (χ1) is 9.51. The van der Waals surface area contributed by atoms with Gasteiger partial charge in [-0.15, -0.1) is 6.58 Å².